The summed E-state index contributed by atoms with van der Waals surface area (Å²) in [7, 11) is 0. The molecule has 0 aliphatic rings. The van der Waals surface area contributed by atoms with E-state index in [0.29, 0.717) is 0 Å². The Labute approximate surface area is 121 Å². The fraction of sp³-hybridized carbons (Fsp3) is 0.211. The normalized spacial score (nSPS) is 11.3. The van der Waals surface area contributed by atoms with E-state index in [1.165, 1.54) is 0 Å². The number of unbranched alkanes of at least 4 members (excludes halogenated alkanes) is 2. The van der Waals surface area contributed by atoms with Gasteiger partial charge in [0.2, 0.25) is 0 Å². The Bertz CT molecular complexity index is 567. The largest absolute Gasteiger partial charge is 0.289 e. The lowest BCUT2D eigenvalue weighted by atomic mass is 9.95. The molecule has 0 aliphatic carbocycles. The Hall–Kier alpha value is -2.15. The molecule has 0 bridgehead atoms. The number of ketones is 1. The van der Waals surface area contributed by atoms with E-state index in [1.54, 1.807) is 0 Å². The average Bonchev–Trinajstić information content (AvgIpc) is 2.53. The zero-order valence-corrected chi connectivity index (χ0v) is 11.9. The van der Waals surface area contributed by atoms with Gasteiger partial charge in [0.05, 0.1) is 0 Å². The highest BCUT2D eigenvalue weighted by molar-refractivity contribution is 6.28. The number of hydrogen-bond acceptors (Lipinski definition) is 1. The molecule has 0 radical (unpaired) electrons. The monoisotopic (exact) mass is 264 g/mol. The van der Waals surface area contributed by atoms with Gasteiger partial charge in [0.1, 0.15) is 0 Å². The average molecular weight is 264 g/mol. The number of allylic oxidation sites excluding steroid dienone is 2. The minimum Gasteiger partial charge on any atom is -0.289 e. The Kier molecular flexibility index (Phi) is 5.31. The maximum Gasteiger partial charge on any atom is 0.193 e. The molecule has 2 aromatic rings. The minimum atomic E-state index is 0.105. The van der Waals surface area contributed by atoms with E-state index in [0.717, 1.165) is 36.0 Å². The molecular weight excluding hydrogens is 244 g/mol. The summed E-state index contributed by atoms with van der Waals surface area (Å²) in [6.07, 6.45) is 5.27. The van der Waals surface area contributed by atoms with Crippen molar-refractivity contribution in [2.75, 3.05) is 0 Å². The lowest BCUT2D eigenvalue weighted by Crippen LogP contribution is -2.02. The van der Waals surface area contributed by atoms with Crippen molar-refractivity contribution in [1.29, 1.82) is 0 Å². The fourth-order valence-corrected chi connectivity index (χ4v) is 2.15. The Balaban J connectivity index is 2.32. The highest BCUT2D eigenvalue weighted by Gasteiger charge is 2.13. The van der Waals surface area contributed by atoms with E-state index < -0.39 is 0 Å². The van der Waals surface area contributed by atoms with Crippen molar-refractivity contribution >= 4 is 11.4 Å². The van der Waals surface area contributed by atoms with Crippen LogP contribution in [0, 0.1) is 0 Å². The maximum atomic E-state index is 12.7. The molecule has 0 amide bonds. The van der Waals surface area contributed by atoms with E-state index in [4.69, 9.17) is 0 Å². The van der Waals surface area contributed by atoms with Crippen molar-refractivity contribution in [3.05, 3.63) is 77.9 Å². The van der Waals surface area contributed by atoms with Crippen molar-refractivity contribution < 1.29 is 4.79 Å². The van der Waals surface area contributed by atoms with Crippen LogP contribution in [0.15, 0.2) is 66.7 Å². The van der Waals surface area contributed by atoms with Crippen LogP contribution in [0.25, 0.3) is 5.57 Å². The summed E-state index contributed by atoms with van der Waals surface area (Å²) < 4.78 is 0. The second-order valence-electron chi connectivity index (χ2n) is 4.82. The second kappa shape index (κ2) is 7.44. The lowest BCUT2D eigenvalue weighted by molar-refractivity contribution is 0.105. The molecule has 20 heavy (non-hydrogen) atoms. The summed E-state index contributed by atoms with van der Waals surface area (Å²) in [6, 6.07) is 19.4. The number of carbonyl (C=O) groups is 1. The van der Waals surface area contributed by atoms with Crippen LogP contribution in [0.5, 0.6) is 0 Å². The van der Waals surface area contributed by atoms with E-state index in [9.17, 15) is 4.79 Å². The summed E-state index contributed by atoms with van der Waals surface area (Å²) >= 11 is 0. The van der Waals surface area contributed by atoms with Crippen LogP contribution in [-0.2, 0) is 0 Å². The van der Waals surface area contributed by atoms with Gasteiger partial charge in [-0.2, -0.15) is 0 Å². The second-order valence-corrected chi connectivity index (χ2v) is 4.82. The van der Waals surface area contributed by atoms with Gasteiger partial charge in [0, 0.05) is 11.1 Å². The molecule has 0 fully saturated rings. The van der Waals surface area contributed by atoms with E-state index in [2.05, 4.69) is 13.0 Å². The first-order chi connectivity index (χ1) is 9.83. The van der Waals surface area contributed by atoms with Gasteiger partial charge in [-0.25, -0.2) is 0 Å². The summed E-state index contributed by atoms with van der Waals surface area (Å²) in [4.78, 5) is 12.7. The zero-order chi connectivity index (χ0) is 14.2. The third-order valence-electron chi connectivity index (χ3n) is 3.27. The molecule has 0 unspecified atom stereocenters. The zero-order valence-electron chi connectivity index (χ0n) is 11.9. The van der Waals surface area contributed by atoms with E-state index >= 15 is 0 Å². The van der Waals surface area contributed by atoms with Gasteiger partial charge >= 0.3 is 0 Å². The lowest BCUT2D eigenvalue weighted by Gasteiger charge is -2.07. The number of benzene rings is 2. The standard InChI is InChI=1S/C19H20O/c1-2-3-6-15-18(16-11-7-4-8-12-16)19(20)17-13-9-5-10-14-17/h4-5,7-15H,2-3,6H2,1H3/b18-15+. The van der Waals surface area contributed by atoms with Crippen LogP contribution < -0.4 is 0 Å². The highest BCUT2D eigenvalue weighted by Crippen LogP contribution is 2.21. The Morgan fingerprint density at radius 2 is 1.45 bits per heavy atom. The van der Waals surface area contributed by atoms with E-state index in [1.807, 2.05) is 60.7 Å². The molecule has 1 heteroatoms. The fourth-order valence-electron chi connectivity index (χ4n) is 2.15. The molecule has 0 aliphatic heterocycles. The Morgan fingerprint density at radius 1 is 0.900 bits per heavy atom. The molecule has 0 spiro atoms. The third-order valence-corrected chi connectivity index (χ3v) is 3.27. The summed E-state index contributed by atoms with van der Waals surface area (Å²) in [5.74, 6) is 0.105. The Morgan fingerprint density at radius 3 is 2.00 bits per heavy atom. The minimum absolute atomic E-state index is 0.105. The molecule has 0 saturated carbocycles. The van der Waals surface area contributed by atoms with Crippen molar-refractivity contribution in [2.45, 2.75) is 26.2 Å². The molecule has 0 aromatic heterocycles. The highest BCUT2D eigenvalue weighted by atomic mass is 16.1. The first kappa shape index (κ1) is 14.3. The quantitative estimate of drug-likeness (QED) is 0.401. The van der Waals surface area contributed by atoms with Gasteiger partial charge in [-0.15, -0.1) is 0 Å². The molecule has 2 aromatic carbocycles. The van der Waals surface area contributed by atoms with Crippen LogP contribution >= 0.6 is 0 Å². The van der Waals surface area contributed by atoms with Crippen molar-refractivity contribution in [3.63, 3.8) is 0 Å². The number of carbonyl (C=O) groups excluding carboxylic acids is 1. The molecule has 0 atom stereocenters. The SMILES string of the molecule is CCCC/C=C(/C(=O)c1ccccc1)c1ccccc1. The first-order valence-electron chi connectivity index (χ1n) is 7.18. The van der Waals surface area contributed by atoms with Crippen LogP contribution in [0.1, 0.15) is 42.1 Å². The molecule has 102 valence electrons. The maximum absolute atomic E-state index is 12.7. The van der Waals surface area contributed by atoms with Crippen molar-refractivity contribution in [1.82, 2.24) is 0 Å². The number of Topliss-reactive ketones (excluding diaryl/α,β-unsaturated/α-hetero) is 1. The number of hydrogen-bond donors (Lipinski definition) is 0. The van der Waals surface area contributed by atoms with Gasteiger partial charge in [-0.05, 0) is 12.0 Å². The van der Waals surface area contributed by atoms with Gasteiger partial charge in [0.25, 0.3) is 0 Å². The summed E-state index contributed by atoms with van der Waals surface area (Å²) in [5, 5.41) is 0. The molecule has 0 heterocycles. The first-order valence-corrected chi connectivity index (χ1v) is 7.18. The molecule has 2 rings (SSSR count). The molecule has 0 N–H and O–H groups in total. The van der Waals surface area contributed by atoms with Crippen LogP contribution in [-0.4, -0.2) is 5.78 Å². The molecule has 1 nitrogen and oxygen atoms in total. The van der Waals surface area contributed by atoms with Crippen molar-refractivity contribution in [2.24, 2.45) is 0 Å². The van der Waals surface area contributed by atoms with Gasteiger partial charge in [-0.1, -0.05) is 86.5 Å². The van der Waals surface area contributed by atoms with Crippen LogP contribution in [0.3, 0.4) is 0 Å². The topological polar surface area (TPSA) is 17.1 Å². The van der Waals surface area contributed by atoms with Crippen LogP contribution in [0.4, 0.5) is 0 Å². The predicted octanol–water partition coefficient (Wildman–Crippen LogP) is 5.14. The predicted molar refractivity (Wildman–Crippen MR) is 84.7 cm³/mol. The van der Waals surface area contributed by atoms with Gasteiger partial charge in [0.15, 0.2) is 5.78 Å². The third kappa shape index (κ3) is 3.67. The number of rotatable bonds is 6. The van der Waals surface area contributed by atoms with Gasteiger partial charge < -0.3 is 0 Å². The molecular formula is C19H20O. The smallest absolute Gasteiger partial charge is 0.193 e. The van der Waals surface area contributed by atoms with Crippen LogP contribution in [0.2, 0.25) is 0 Å². The summed E-state index contributed by atoms with van der Waals surface area (Å²) in [5.41, 5.74) is 2.56. The molecule has 0 saturated heterocycles. The summed E-state index contributed by atoms with van der Waals surface area (Å²) in [6.45, 7) is 2.16. The van der Waals surface area contributed by atoms with Gasteiger partial charge in [-0.3, -0.25) is 4.79 Å². The van der Waals surface area contributed by atoms with E-state index in [-0.39, 0.29) is 5.78 Å². The van der Waals surface area contributed by atoms with Crippen molar-refractivity contribution in [3.8, 4) is 0 Å².